The van der Waals surface area contributed by atoms with Crippen molar-refractivity contribution in [2.45, 2.75) is 112 Å². The molecule has 4 unspecified atom stereocenters. The first kappa shape index (κ1) is 26.1. The monoisotopic (exact) mass is 476 g/mol. The highest BCUT2D eigenvalue weighted by Crippen LogP contribution is 2.53. The predicted octanol–water partition coefficient (Wildman–Crippen LogP) is 9.20. The Balaban J connectivity index is 1.44. The molecule has 0 spiro atoms. The average molecular weight is 477 g/mol. The first-order valence-electron chi connectivity index (χ1n) is 14.2. The fourth-order valence-electron chi connectivity index (χ4n) is 7.34. The predicted molar refractivity (Wildman–Crippen MR) is 147 cm³/mol. The SMILES string of the molecule is CCC1(CC)CC(C)C1Oc1ccc(C(C)(C)c2ccc(OC3C(C)CC3(CC)CC)cc2)cc1. The molecule has 4 rings (SSSR count). The first-order chi connectivity index (χ1) is 16.6. The lowest BCUT2D eigenvalue weighted by molar-refractivity contribution is -0.101. The zero-order valence-corrected chi connectivity index (χ0v) is 23.5. The van der Waals surface area contributed by atoms with E-state index in [1.54, 1.807) is 0 Å². The Bertz CT molecular complexity index is 884. The van der Waals surface area contributed by atoms with Crippen molar-refractivity contribution in [1.29, 1.82) is 0 Å². The van der Waals surface area contributed by atoms with Crippen LogP contribution in [0.15, 0.2) is 48.5 Å². The van der Waals surface area contributed by atoms with Crippen molar-refractivity contribution < 1.29 is 9.47 Å². The molecule has 2 saturated carbocycles. The molecule has 0 saturated heterocycles. The van der Waals surface area contributed by atoms with Gasteiger partial charge < -0.3 is 9.47 Å². The molecule has 2 aromatic carbocycles. The zero-order valence-electron chi connectivity index (χ0n) is 23.5. The summed E-state index contributed by atoms with van der Waals surface area (Å²) in [6.45, 7) is 18.5. The number of ether oxygens (including phenoxy) is 2. The normalized spacial score (nSPS) is 27.0. The highest BCUT2D eigenvalue weighted by Gasteiger charge is 2.52. The summed E-state index contributed by atoms with van der Waals surface area (Å²) in [7, 11) is 0. The fraction of sp³-hybridized carbons (Fsp3) is 0.636. The van der Waals surface area contributed by atoms with Crippen molar-refractivity contribution in [2.24, 2.45) is 22.7 Å². The molecule has 0 amide bonds. The summed E-state index contributed by atoms with van der Waals surface area (Å²) in [6, 6.07) is 17.7. The van der Waals surface area contributed by atoms with Crippen molar-refractivity contribution in [3.8, 4) is 11.5 Å². The minimum Gasteiger partial charge on any atom is -0.490 e. The molecule has 0 heterocycles. The number of rotatable bonds is 10. The van der Waals surface area contributed by atoms with Crippen LogP contribution in [-0.2, 0) is 5.41 Å². The fourth-order valence-corrected chi connectivity index (χ4v) is 7.34. The van der Waals surface area contributed by atoms with E-state index in [1.807, 2.05) is 0 Å². The highest BCUT2D eigenvalue weighted by molar-refractivity contribution is 5.42. The third kappa shape index (κ3) is 4.51. The summed E-state index contributed by atoms with van der Waals surface area (Å²) < 4.78 is 13.1. The standard InChI is InChI=1S/C33H48O2/c1-9-32(10-2)21-23(5)29(32)34-27-17-13-25(14-18-27)31(7,8)26-15-19-28(20-16-26)35-30-24(6)22-33(30,11-3)12-4/h13-20,23-24,29-30H,9-12,21-22H2,1-8H3. The van der Waals surface area contributed by atoms with Gasteiger partial charge in [0.05, 0.1) is 0 Å². The lowest BCUT2D eigenvalue weighted by Gasteiger charge is -2.53. The maximum Gasteiger partial charge on any atom is 0.119 e. The smallest absolute Gasteiger partial charge is 0.119 e. The molecule has 4 atom stereocenters. The maximum absolute atomic E-state index is 6.53. The first-order valence-corrected chi connectivity index (χ1v) is 14.2. The van der Waals surface area contributed by atoms with Crippen LogP contribution in [0.2, 0.25) is 0 Å². The van der Waals surface area contributed by atoms with Crippen LogP contribution in [0.1, 0.15) is 105 Å². The van der Waals surface area contributed by atoms with E-state index >= 15 is 0 Å². The van der Waals surface area contributed by atoms with Crippen molar-refractivity contribution >= 4 is 0 Å². The molecule has 2 aliphatic carbocycles. The van der Waals surface area contributed by atoms with Crippen LogP contribution >= 0.6 is 0 Å². The van der Waals surface area contributed by atoms with Gasteiger partial charge in [0.2, 0.25) is 0 Å². The van der Waals surface area contributed by atoms with E-state index in [-0.39, 0.29) is 5.41 Å². The molecule has 35 heavy (non-hydrogen) atoms. The molecule has 192 valence electrons. The Labute approximate surface area is 214 Å². The second-order valence-corrected chi connectivity index (χ2v) is 12.3. The summed E-state index contributed by atoms with van der Waals surface area (Å²) in [5, 5.41) is 0. The number of benzene rings is 2. The Morgan fingerprint density at radius 1 is 0.629 bits per heavy atom. The van der Waals surface area contributed by atoms with Gasteiger partial charge in [0, 0.05) is 16.2 Å². The Morgan fingerprint density at radius 3 is 1.20 bits per heavy atom. The second-order valence-electron chi connectivity index (χ2n) is 12.3. The van der Waals surface area contributed by atoms with Gasteiger partial charge in [0.25, 0.3) is 0 Å². The topological polar surface area (TPSA) is 18.5 Å². The van der Waals surface area contributed by atoms with E-state index < -0.39 is 0 Å². The van der Waals surface area contributed by atoms with Gasteiger partial charge in [-0.05, 0) is 85.8 Å². The van der Waals surface area contributed by atoms with Crippen LogP contribution in [0.5, 0.6) is 11.5 Å². The average Bonchev–Trinajstić information content (AvgIpc) is 2.87. The number of hydrogen-bond acceptors (Lipinski definition) is 2. The molecule has 2 aliphatic rings. The summed E-state index contributed by atoms with van der Waals surface area (Å²) >= 11 is 0. The Morgan fingerprint density at radius 2 is 0.943 bits per heavy atom. The maximum atomic E-state index is 6.53. The summed E-state index contributed by atoms with van der Waals surface area (Å²) in [5.74, 6) is 3.27. The van der Waals surface area contributed by atoms with Gasteiger partial charge in [0.1, 0.15) is 23.7 Å². The molecule has 0 bridgehead atoms. The second kappa shape index (κ2) is 9.83. The lowest BCUT2D eigenvalue weighted by Crippen LogP contribution is -2.54. The molecule has 2 fully saturated rings. The van der Waals surface area contributed by atoms with E-state index in [0.29, 0.717) is 34.9 Å². The van der Waals surface area contributed by atoms with E-state index in [9.17, 15) is 0 Å². The van der Waals surface area contributed by atoms with Gasteiger partial charge in [0.15, 0.2) is 0 Å². The van der Waals surface area contributed by atoms with Gasteiger partial charge in [-0.2, -0.15) is 0 Å². The quantitative estimate of drug-likeness (QED) is 0.340. The zero-order chi connectivity index (χ0) is 25.4. The van der Waals surface area contributed by atoms with Crippen molar-refractivity contribution in [3.63, 3.8) is 0 Å². The van der Waals surface area contributed by atoms with Gasteiger partial charge in [-0.15, -0.1) is 0 Å². The van der Waals surface area contributed by atoms with Crippen LogP contribution in [0.4, 0.5) is 0 Å². The molecular weight excluding hydrogens is 428 g/mol. The van der Waals surface area contributed by atoms with E-state index in [1.165, 1.54) is 49.7 Å². The summed E-state index contributed by atoms with van der Waals surface area (Å²) in [6.07, 6.45) is 8.02. The van der Waals surface area contributed by atoms with Gasteiger partial charge in [-0.25, -0.2) is 0 Å². The summed E-state index contributed by atoms with van der Waals surface area (Å²) in [4.78, 5) is 0. The van der Waals surface area contributed by atoms with Gasteiger partial charge in [-0.1, -0.05) is 79.7 Å². The minimum atomic E-state index is -0.0855. The lowest BCUT2D eigenvalue weighted by atomic mass is 9.57. The van der Waals surface area contributed by atoms with Gasteiger partial charge in [-0.3, -0.25) is 0 Å². The van der Waals surface area contributed by atoms with E-state index in [2.05, 4.69) is 104 Å². The van der Waals surface area contributed by atoms with Crippen molar-refractivity contribution in [1.82, 2.24) is 0 Å². The third-order valence-corrected chi connectivity index (χ3v) is 10.2. The summed E-state index contributed by atoms with van der Waals surface area (Å²) in [5.41, 5.74) is 3.23. The minimum absolute atomic E-state index is 0.0855. The molecular formula is C33H48O2. The number of hydrogen-bond donors (Lipinski definition) is 0. The van der Waals surface area contributed by atoms with Crippen molar-refractivity contribution in [2.75, 3.05) is 0 Å². The van der Waals surface area contributed by atoms with Gasteiger partial charge >= 0.3 is 0 Å². The molecule has 2 heteroatoms. The highest BCUT2D eigenvalue weighted by atomic mass is 16.5. The van der Waals surface area contributed by atoms with Crippen LogP contribution in [0.3, 0.4) is 0 Å². The Kier molecular flexibility index (Phi) is 7.33. The van der Waals surface area contributed by atoms with Crippen LogP contribution < -0.4 is 9.47 Å². The molecule has 0 radical (unpaired) electrons. The molecule has 0 aliphatic heterocycles. The van der Waals surface area contributed by atoms with Crippen LogP contribution in [0, 0.1) is 22.7 Å². The largest absolute Gasteiger partial charge is 0.490 e. The molecule has 2 nitrogen and oxygen atoms in total. The molecule has 0 N–H and O–H groups in total. The molecule has 2 aromatic rings. The molecule has 0 aromatic heterocycles. The van der Waals surface area contributed by atoms with Crippen LogP contribution in [0.25, 0.3) is 0 Å². The van der Waals surface area contributed by atoms with Crippen LogP contribution in [-0.4, -0.2) is 12.2 Å². The Hall–Kier alpha value is -1.96. The van der Waals surface area contributed by atoms with E-state index in [0.717, 1.165) is 11.5 Å². The van der Waals surface area contributed by atoms with Crippen molar-refractivity contribution in [3.05, 3.63) is 59.7 Å². The van der Waals surface area contributed by atoms with E-state index in [4.69, 9.17) is 9.47 Å². The third-order valence-electron chi connectivity index (χ3n) is 10.2.